The summed E-state index contributed by atoms with van der Waals surface area (Å²) in [6, 6.07) is 5.83. The van der Waals surface area contributed by atoms with Gasteiger partial charge < -0.3 is 5.73 Å². The van der Waals surface area contributed by atoms with Gasteiger partial charge >= 0.3 is 0 Å². The summed E-state index contributed by atoms with van der Waals surface area (Å²) in [7, 11) is 0. The summed E-state index contributed by atoms with van der Waals surface area (Å²) in [5.74, 6) is 5.79. The molecule has 0 aromatic heterocycles. The molecule has 74 valence electrons. The molecule has 1 atom stereocenters. The molecule has 0 aliphatic heterocycles. The van der Waals surface area contributed by atoms with Crippen LogP contribution >= 0.6 is 34.2 Å². The number of hydrogen-bond acceptors (Lipinski definition) is 1. The SMILES string of the molecule is CC#CCC(N)c1ccc(I)c(Cl)c1. The molecule has 3 heteroatoms. The molecule has 0 aliphatic rings. The molecule has 0 saturated heterocycles. The van der Waals surface area contributed by atoms with E-state index in [0.717, 1.165) is 14.2 Å². The number of hydrogen-bond donors (Lipinski definition) is 1. The van der Waals surface area contributed by atoms with Crippen molar-refractivity contribution >= 4 is 34.2 Å². The fourth-order valence-corrected chi connectivity index (χ4v) is 1.60. The lowest BCUT2D eigenvalue weighted by Crippen LogP contribution is -2.09. The van der Waals surface area contributed by atoms with Crippen LogP contribution in [0.25, 0.3) is 0 Å². The highest BCUT2D eigenvalue weighted by Gasteiger charge is 2.06. The summed E-state index contributed by atoms with van der Waals surface area (Å²) in [6.45, 7) is 1.81. The molecule has 0 bridgehead atoms. The molecule has 0 aliphatic carbocycles. The van der Waals surface area contributed by atoms with E-state index in [-0.39, 0.29) is 6.04 Å². The van der Waals surface area contributed by atoms with Crippen LogP contribution in [0.2, 0.25) is 5.02 Å². The van der Waals surface area contributed by atoms with Crippen molar-refractivity contribution in [2.24, 2.45) is 5.73 Å². The lowest BCUT2D eigenvalue weighted by molar-refractivity contribution is 0.754. The van der Waals surface area contributed by atoms with Gasteiger partial charge in [0.25, 0.3) is 0 Å². The molecular weight excluding hydrogens is 308 g/mol. The first-order valence-electron chi connectivity index (χ1n) is 4.25. The minimum Gasteiger partial charge on any atom is -0.323 e. The van der Waals surface area contributed by atoms with Crippen LogP contribution in [0, 0.1) is 15.4 Å². The Morgan fingerprint density at radius 1 is 1.57 bits per heavy atom. The third kappa shape index (κ3) is 3.16. The normalized spacial score (nSPS) is 11.7. The van der Waals surface area contributed by atoms with Crippen LogP contribution in [-0.2, 0) is 0 Å². The lowest BCUT2D eigenvalue weighted by Gasteiger charge is -2.09. The maximum atomic E-state index is 5.99. The molecule has 0 amide bonds. The third-order valence-corrected chi connectivity index (χ3v) is 3.44. The van der Waals surface area contributed by atoms with Crippen molar-refractivity contribution < 1.29 is 0 Å². The van der Waals surface area contributed by atoms with Gasteiger partial charge in [-0.3, -0.25) is 0 Å². The van der Waals surface area contributed by atoms with Crippen LogP contribution in [0.3, 0.4) is 0 Å². The Bertz CT molecular complexity index is 379. The van der Waals surface area contributed by atoms with E-state index in [9.17, 15) is 0 Å². The Morgan fingerprint density at radius 2 is 2.29 bits per heavy atom. The molecule has 1 aromatic carbocycles. The first-order valence-corrected chi connectivity index (χ1v) is 5.71. The Kier molecular flexibility index (Phi) is 4.73. The van der Waals surface area contributed by atoms with E-state index in [1.807, 2.05) is 25.1 Å². The summed E-state index contributed by atoms with van der Waals surface area (Å²) in [5.41, 5.74) is 6.98. The third-order valence-electron chi connectivity index (χ3n) is 1.87. The number of rotatable bonds is 2. The van der Waals surface area contributed by atoms with Crippen molar-refractivity contribution in [3.05, 3.63) is 32.4 Å². The zero-order valence-corrected chi connectivity index (χ0v) is 10.8. The molecule has 1 unspecified atom stereocenters. The van der Waals surface area contributed by atoms with Gasteiger partial charge in [0.2, 0.25) is 0 Å². The molecule has 0 saturated carbocycles. The van der Waals surface area contributed by atoms with E-state index >= 15 is 0 Å². The van der Waals surface area contributed by atoms with E-state index in [0.29, 0.717) is 6.42 Å². The molecule has 2 N–H and O–H groups in total. The van der Waals surface area contributed by atoms with Crippen LogP contribution in [0.1, 0.15) is 24.9 Å². The van der Waals surface area contributed by atoms with Crippen LogP contribution in [0.15, 0.2) is 18.2 Å². The topological polar surface area (TPSA) is 26.0 Å². The summed E-state index contributed by atoms with van der Waals surface area (Å²) >= 11 is 8.19. The van der Waals surface area contributed by atoms with Gasteiger partial charge in [-0.05, 0) is 47.2 Å². The Morgan fingerprint density at radius 3 is 2.86 bits per heavy atom. The van der Waals surface area contributed by atoms with Gasteiger partial charge in [-0.25, -0.2) is 0 Å². The van der Waals surface area contributed by atoms with E-state index in [4.69, 9.17) is 17.3 Å². The standard InChI is InChI=1S/C11H11ClIN/c1-2-3-4-11(14)8-5-6-10(13)9(12)7-8/h5-7,11H,4,14H2,1H3. The summed E-state index contributed by atoms with van der Waals surface area (Å²) in [4.78, 5) is 0. The second-order valence-electron chi connectivity index (χ2n) is 2.91. The molecule has 1 rings (SSSR count). The molecule has 1 nitrogen and oxygen atoms in total. The predicted octanol–water partition coefficient (Wildman–Crippen LogP) is 3.36. The van der Waals surface area contributed by atoms with E-state index < -0.39 is 0 Å². The summed E-state index contributed by atoms with van der Waals surface area (Å²) in [5, 5.41) is 0.753. The highest BCUT2D eigenvalue weighted by atomic mass is 127. The molecule has 0 fully saturated rings. The monoisotopic (exact) mass is 319 g/mol. The van der Waals surface area contributed by atoms with E-state index in [1.54, 1.807) is 0 Å². The van der Waals surface area contributed by atoms with Gasteiger partial charge in [-0.1, -0.05) is 17.7 Å². The van der Waals surface area contributed by atoms with Crippen molar-refractivity contribution in [1.82, 2.24) is 0 Å². The van der Waals surface area contributed by atoms with Crippen LogP contribution in [-0.4, -0.2) is 0 Å². The lowest BCUT2D eigenvalue weighted by atomic mass is 10.1. The maximum absolute atomic E-state index is 5.99. The minimum atomic E-state index is -0.0445. The van der Waals surface area contributed by atoms with Crippen molar-refractivity contribution in [1.29, 1.82) is 0 Å². The quantitative estimate of drug-likeness (QED) is 0.656. The second kappa shape index (κ2) is 5.59. The van der Waals surface area contributed by atoms with Crippen molar-refractivity contribution in [2.45, 2.75) is 19.4 Å². The maximum Gasteiger partial charge on any atom is 0.0542 e. The average Bonchev–Trinajstić information content (AvgIpc) is 2.18. The van der Waals surface area contributed by atoms with Gasteiger partial charge in [-0.2, -0.15) is 0 Å². The summed E-state index contributed by atoms with van der Waals surface area (Å²) < 4.78 is 1.04. The fourth-order valence-electron chi connectivity index (χ4n) is 1.07. The zero-order valence-electron chi connectivity index (χ0n) is 7.85. The number of halogens is 2. The van der Waals surface area contributed by atoms with Crippen LogP contribution in [0.4, 0.5) is 0 Å². The van der Waals surface area contributed by atoms with Gasteiger partial charge in [0, 0.05) is 16.0 Å². The largest absolute Gasteiger partial charge is 0.323 e. The minimum absolute atomic E-state index is 0.0445. The van der Waals surface area contributed by atoms with Crippen molar-refractivity contribution in [2.75, 3.05) is 0 Å². The zero-order chi connectivity index (χ0) is 10.6. The second-order valence-corrected chi connectivity index (χ2v) is 4.48. The first-order chi connectivity index (χ1) is 6.65. The average molecular weight is 320 g/mol. The van der Waals surface area contributed by atoms with Gasteiger partial charge in [0.05, 0.1) is 5.02 Å². The van der Waals surface area contributed by atoms with Crippen LogP contribution in [0.5, 0.6) is 0 Å². The van der Waals surface area contributed by atoms with E-state index in [2.05, 4.69) is 34.4 Å². The Labute approximate surface area is 103 Å². The van der Waals surface area contributed by atoms with Gasteiger partial charge in [0.15, 0.2) is 0 Å². The Balaban J connectivity index is 2.83. The van der Waals surface area contributed by atoms with E-state index in [1.165, 1.54) is 0 Å². The molecule has 0 radical (unpaired) electrons. The molecule has 0 heterocycles. The fraction of sp³-hybridized carbons (Fsp3) is 0.273. The molecular formula is C11H11ClIN. The van der Waals surface area contributed by atoms with Gasteiger partial charge in [0.1, 0.15) is 0 Å². The van der Waals surface area contributed by atoms with Gasteiger partial charge in [-0.15, -0.1) is 11.8 Å². The first kappa shape index (κ1) is 11.8. The van der Waals surface area contributed by atoms with Crippen molar-refractivity contribution in [3.8, 4) is 11.8 Å². The smallest absolute Gasteiger partial charge is 0.0542 e. The molecule has 0 spiro atoms. The molecule has 1 aromatic rings. The predicted molar refractivity (Wildman–Crippen MR) is 69.2 cm³/mol. The highest BCUT2D eigenvalue weighted by Crippen LogP contribution is 2.23. The van der Waals surface area contributed by atoms with Crippen molar-refractivity contribution in [3.63, 3.8) is 0 Å². The van der Waals surface area contributed by atoms with Crippen LogP contribution < -0.4 is 5.73 Å². The summed E-state index contributed by atoms with van der Waals surface area (Å²) in [6.07, 6.45) is 0.674. The Hall–Kier alpha value is -0.240. The number of nitrogens with two attached hydrogens (primary N) is 1. The number of benzene rings is 1. The molecule has 14 heavy (non-hydrogen) atoms. The highest BCUT2D eigenvalue weighted by molar-refractivity contribution is 14.1.